The first-order valence-electron chi connectivity index (χ1n) is 5.65. The number of hydrogen-bond acceptors (Lipinski definition) is 3. The molecule has 0 amide bonds. The third kappa shape index (κ3) is 2.98. The maximum atomic E-state index is 11.1. The lowest BCUT2D eigenvalue weighted by Gasteiger charge is -2.11. The van der Waals surface area contributed by atoms with Crippen LogP contribution in [0.4, 0.5) is 5.69 Å². The number of rotatable bonds is 3. The van der Waals surface area contributed by atoms with Gasteiger partial charge in [0.05, 0.1) is 15.6 Å². The largest absolute Gasteiger partial charge is 0.478 e. The van der Waals surface area contributed by atoms with Crippen molar-refractivity contribution < 1.29 is 14.6 Å². The monoisotopic (exact) mass is 311 g/mol. The number of aromatic carboxylic acids is 1. The third-order valence-electron chi connectivity index (χ3n) is 2.72. The summed E-state index contributed by atoms with van der Waals surface area (Å²) >= 11 is 11.7. The van der Waals surface area contributed by atoms with Crippen molar-refractivity contribution in [2.24, 2.45) is 0 Å². The number of benzene rings is 2. The van der Waals surface area contributed by atoms with Crippen LogP contribution in [0.5, 0.6) is 11.5 Å². The minimum Gasteiger partial charge on any atom is -0.478 e. The number of carboxylic acid groups (broad SMARTS) is 1. The van der Waals surface area contributed by atoms with E-state index < -0.39 is 5.97 Å². The number of hydrogen-bond donors (Lipinski definition) is 2. The van der Waals surface area contributed by atoms with Crippen LogP contribution in [0.25, 0.3) is 0 Å². The second-order valence-corrected chi connectivity index (χ2v) is 5.00. The molecule has 104 valence electrons. The Morgan fingerprint density at radius 2 is 1.85 bits per heavy atom. The van der Waals surface area contributed by atoms with Crippen molar-refractivity contribution >= 4 is 34.9 Å². The van der Waals surface area contributed by atoms with Gasteiger partial charge in [0.15, 0.2) is 0 Å². The highest BCUT2D eigenvalue weighted by atomic mass is 35.5. The highest BCUT2D eigenvalue weighted by Gasteiger charge is 2.13. The van der Waals surface area contributed by atoms with Crippen molar-refractivity contribution in [1.82, 2.24) is 0 Å². The summed E-state index contributed by atoms with van der Waals surface area (Å²) in [7, 11) is 0. The Morgan fingerprint density at radius 1 is 1.15 bits per heavy atom. The Bertz CT molecular complexity index is 686. The number of carboxylic acids is 1. The van der Waals surface area contributed by atoms with E-state index in [9.17, 15) is 4.79 Å². The van der Waals surface area contributed by atoms with Crippen LogP contribution in [0.1, 0.15) is 15.9 Å². The van der Waals surface area contributed by atoms with Crippen molar-refractivity contribution in [1.29, 1.82) is 0 Å². The zero-order valence-corrected chi connectivity index (χ0v) is 12.0. The molecule has 0 unspecified atom stereocenters. The molecule has 0 atom stereocenters. The fourth-order valence-corrected chi connectivity index (χ4v) is 1.97. The average Bonchev–Trinajstić information content (AvgIpc) is 2.37. The molecule has 3 N–H and O–H groups in total. The van der Waals surface area contributed by atoms with E-state index in [2.05, 4.69) is 0 Å². The first-order valence-corrected chi connectivity index (χ1v) is 6.40. The van der Waals surface area contributed by atoms with Gasteiger partial charge < -0.3 is 15.6 Å². The molecule has 0 bridgehead atoms. The Labute approximate surface area is 125 Å². The average molecular weight is 312 g/mol. The summed E-state index contributed by atoms with van der Waals surface area (Å²) in [6, 6.07) is 7.81. The standard InChI is InChI=1S/C14H11Cl2NO3/c1-7-4-9(5-10(13(7)17)14(18)19)20-8-2-3-11(15)12(16)6-8/h2-6H,17H2,1H3,(H,18,19). The highest BCUT2D eigenvalue weighted by Crippen LogP contribution is 2.31. The fourth-order valence-electron chi connectivity index (χ4n) is 1.68. The predicted octanol–water partition coefficient (Wildman–Crippen LogP) is 4.37. The van der Waals surface area contributed by atoms with E-state index in [0.717, 1.165) is 0 Å². The summed E-state index contributed by atoms with van der Waals surface area (Å²) in [5.41, 5.74) is 6.56. The molecule has 0 fully saturated rings. The second-order valence-electron chi connectivity index (χ2n) is 4.18. The highest BCUT2D eigenvalue weighted by molar-refractivity contribution is 6.42. The van der Waals surface area contributed by atoms with Gasteiger partial charge in [0.1, 0.15) is 11.5 Å². The van der Waals surface area contributed by atoms with Crippen molar-refractivity contribution in [2.45, 2.75) is 6.92 Å². The number of carbonyl (C=O) groups is 1. The van der Waals surface area contributed by atoms with Crippen molar-refractivity contribution in [3.8, 4) is 11.5 Å². The van der Waals surface area contributed by atoms with Gasteiger partial charge in [0, 0.05) is 11.8 Å². The fraction of sp³-hybridized carbons (Fsp3) is 0.0714. The summed E-state index contributed by atoms with van der Waals surface area (Å²) < 4.78 is 5.58. The summed E-state index contributed by atoms with van der Waals surface area (Å²) in [6.45, 7) is 1.71. The number of aryl methyl sites for hydroxylation is 1. The molecule has 4 nitrogen and oxygen atoms in total. The Kier molecular flexibility index (Phi) is 4.06. The van der Waals surface area contributed by atoms with Gasteiger partial charge in [-0.05, 0) is 36.8 Å². The molecule has 0 radical (unpaired) electrons. The van der Waals surface area contributed by atoms with Crippen molar-refractivity contribution in [2.75, 3.05) is 5.73 Å². The van der Waals surface area contributed by atoms with Crippen LogP contribution in [0.15, 0.2) is 30.3 Å². The second kappa shape index (κ2) is 5.61. The van der Waals surface area contributed by atoms with E-state index >= 15 is 0 Å². The molecule has 2 aromatic carbocycles. The van der Waals surface area contributed by atoms with Crippen LogP contribution in [-0.4, -0.2) is 11.1 Å². The predicted molar refractivity (Wildman–Crippen MR) is 79.1 cm³/mol. The van der Waals surface area contributed by atoms with Gasteiger partial charge in [0.25, 0.3) is 0 Å². The van der Waals surface area contributed by atoms with Gasteiger partial charge in [-0.1, -0.05) is 23.2 Å². The molecule has 6 heteroatoms. The van der Waals surface area contributed by atoms with E-state index in [0.29, 0.717) is 27.1 Å². The van der Waals surface area contributed by atoms with Crippen molar-refractivity contribution in [3.05, 3.63) is 51.5 Å². The molecule has 0 aromatic heterocycles. The number of ether oxygens (including phenoxy) is 1. The summed E-state index contributed by atoms with van der Waals surface area (Å²) in [5.74, 6) is -0.280. The van der Waals surface area contributed by atoms with E-state index in [1.54, 1.807) is 31.2 Å². The first-order chi connectivity index (χ1) is 9.38. The molecule has 0 aliphatic carbocycles. The summed E-state index contributed by atoms with van der Waals surface area (Å²) in [5, 5.41) is 9.86. The first kappa shape index (κ1) is 14.5. The van der Waals surface area contributed by atoms with Crippen molar-refractivity contribution in [3.63, 3.8) is 0 Å². The van der Waals surface area contributed by atoms with Crippen LogP contribution >= 0.6 is 23.2 Å². The molecule has 2 rings (SSSR count). The van der Waals surface area contributed by atoms with E-state index in [1.165, 1.54) is 6.07 Å². The van der Waals surface area contributed by atoms with E-state index in [-0.39, 0.29) is 11.3 Å². The smallest absolute Gasteiger partial charge is 0.337 e. The Morgan fingerprint density at radius 3 is 2.45 bits per heavy atom. The lowest BCUT2D eigenvalue weighted by Crippen LogP contribution is -2.04. The van der Waals surface area contributed by atoms with Gasteiger partial charge in [-0.15, -0.1) is 0 Å². The van der Waals surface area contributed by atoms with Gasteiger partial charge in [-0.2, -0.15) is 0 Å². The molecule has 0 aliphatic heterocycles. The van der Waals surface area contributed by atoms with Crippen LogP contribution in [0.2, 0.25) is 10.0 Å². The molecule has 0 saturated heterocycles. The van der Waals surface area contributed by atoms with E-state index in [1.807, 2.05) is 0 Å². The molecule has 0 aliphatic rings. The molecular weight excluding hydrogens is 301 g/mol. The Hall–Kier alpha value is -1.91. The van der Waals surface area contributed by atoms with Crippen LogP contribution in [0.3, 0.4) is 0 Å². The Balaban J connectivity index is 2.38. The van der Waals surface area contributed by atoms with Crippen LogP contribution < -0.4 is 10.5 Å². The minimum absolute atomic E-state index is 0.0000560. The summed E-state index contributed by atoms with van der Waals surface area (Å²) in [4.78, 5) is 11.1. The van der Waals surface area contributed by atoms with Gasteiger partial charge in [-0.25, -0.2) is 4.79 Å². The number of anilines is 1. The van der Waals surface area contributed by atoms with Crippen LogP contribution in [-0.2, 0) is 0 Å². The van der Waals surface area contributed by atoms with Gasteiger partial charge in [-0.3, -0.25) is 0 Å². The SMILES string of the molecule is Cc1cc(Oc2ccc(Cl)c(Cl)c2)cc(C(=O)O)c1N. The topological polar surface area (TPSA) is 72.5 Å². The molecule has 0 saturated carbocycles. The maximum Gasteiger partial charge on any atom is 0.337 e. The molecule has 0 spiro atoms. The minimum atomic E-state index is -1.11. The quantitative estimate of drug-likeness (QED) is 0.825. The summed E-state index contributed by atoms with van der Waals surface area (Å²) in [6.07, 6.45) is 0. The van der Waals surface area contributed by atoms with Gasteiger partial charge >= 0.3 is 5.97 Å². The zero-order chi connectivity index (χ0) is 14.9. The van der Waals surface area contributed by atoms with Crippen LogP contribution in [0, 0.1) is 6.92 Å². The number of nitrogens with two attached hydrogens (primary N) is 1. The zero-order valence-electron chi connectivity index (χ0n) is 10.5. The number of halogens is 2. The lowest BCUT2D eigenvalue weighted by atomic mass is 10.1. The number of nitrogen functional groups attached to an aromatic ring is 1. The normalized spacial score (nSPS) is 10.3. The molecular formula is C14H11Cl2NO3. The maximum absolute atomic E-state index is 11.1. The van der Waals surface area contributed by atoms with Gasteiger partial charge in [0.2, 0.25) is 0 Å². The molecule has 0 heterocycles. The lowest BCUT2D eigenvalue weighted by molar-refractivity contribution is 0.0697. The van der Waals surface area contributed by atoms with E-state index in [4.69, 9.17) is 38.8 Å². The third-order valence-corrected chi connectivity index (χ3v) is 3.46. The molecule has 2 aromatic rings. The molecule has 20 heavy (non-hydrogen) atoms.